The maximum absolute atomic E-state index is 12.4. The van der Waals surface area contributed by atoms with Crippen LogP contribution in [0.4, 0.5) is 5.69 Å². The van der Waals surface area contributed by atoms with E-state index in [0.717, 1.165) is 19.4 Å². The van der Waals surface area contributed by atoms with Gasteiger partial charge >= 0.3 is 0 Å². The summed E-state index contributed by atoms with van der Waals surface area (Å²) in [6.07, 6.45) is 2.07. The molecule has 6 heteroatoms. The van der Waals surface area contributed by atoms with E-state index < -0.39 is 0 Å². The van der Waals surface area contributed by atoms with Crippen molar-refractivity contribution in [1.29, 1.82) is 0 Å². The van der Waals surface area contributed by atoms with E-state index in [1.54, 1.807) is 12.1 Å². The normalized spacial score (nSPS) is 21.6. The lowest BCUT2D eigenvalue weighted by Crippen LogP contribution is -2.53. The fraction of sp³-hybridized carbons (Fsp3) is 0.500. The Morgan fingerprint density at radius 3 is 2.45 bits per heavy atom. The number of piperidine rings is 1. The molecule has 1 aliphatic heterocycles. The number of amides is 1. The molecule has 110 valence electrons. The molecule has 20 heavy (non-hydrogen) atoms. The fourth-order valence-corrected chi connectivity index (χ4v) is 3.43. The summed E-state index contributed by atoms with van der Waals surface area (Å²) in [5.41, 5.74) is 0.305. The Hall–Kier alpha value is -0.480. The number of hydrogen-bond donors (Lipinski definition) is 2. The number of nitrogens with one attached hydrogen (secondary N) is 2. The van der Waals surface area contributed by atoms with Gasteiger partial charge in [0, 0.05) is 5.02 Å². The molecule has 0 radical (unpaired) electrons. The Kier molecular flexibility index (Phi) is 4.85. The lowest BCUT2D eigenvalue weighted by atomic mass is 9.77. The van der Waals surface area contributed by atoms with Crippen LogP contribution in [-0.2, 0) is 4.79 Å². The highest BCUT2D eigenvalue weighted by molar-refractivity contribution is 6.42. The molecule has 1 unspecified atom stereocenters. The van der Waals surface area contributed by atoms with Gasteiger partial charge in [0.2, 0.25) is 5.91 Å². The van der Waals surface area contributed by atoms with Crippen LogP contribution in [-0.4, -0.2) is 18.5 Å². The predicted molar refractivity (Wildman–Crippen MR) is 84.9 cm³/mol. The summed E-state index contributed by atoms with van der Waals surface area (Å²) in [5.74, 6) is -0.124. The summed E-state index contributed by atoms with van der Waals surface area (Å²) in [6, 6.07) is 2.85. The van der Waals surface area contributed by atoms with Crippen molar-refractivity contribution >= 4 is 46.4 Å². The SMILES string of the molecule is CC1(C)CCCNC1C(=O)Nc1c(Cl)cc(Cl)cc1Cl. The molecule has 1 fully saturated rings. The average molecular weight is 336 g/mol. The van der Waals surface area contributed by atoms with Crippen LogP contribution in [0.25, 0.3) is 0 Å². The Morgan fingerprint density at radius 2 is 1.90 bits per heavy atom. The molecule has 0 aliphatic carbocycles. The first-order chi connectivity index (χ1) is 9.31. The summed E-state index contributed by atoms with van der Waals surface area (Å²) in [4.78, 5) is 12.4. The molecule has 1 atom stereocenters. The van der Waals surface area contributed by atoms with E-state index in [0.29, 0.717) is 20.8 Å². The van der Waals surface area contributed by atoms with Gasteiger partial charge in [0.05, 0.1) is 21.8 Å². The second-order valence-corrected chi connectivity index (χ2v) is 6.96. The van der Waals surface area contributed by atoms with Crippen LogP contribution in [0.15, 0.2) is 12.1 Å². The number of hydrogen-bond acceptors (Lipinski definition) is 2. The van der Waals surface area contributed by atoms with Crippen molar-refractivity contribution in [2.24, 2.45) is 5.41 Å². The Labute approximate surface area is 134 Å². The highest BCUT2D eigenvalue weighted by Gasteiger charge is 2.37. The van der Waals surface area contributed by atoms with Crippen LogP contribution in [0.1, 0.15) is 26.7 Å². The monoisotopic (exact) mass is 334 g/mol. The summed E-state index contributed by atoms with van der Waals surface area (Å²) in [7, 11) is 0. The van der Waals surface area contributed by atoms with E-state index in [1.165, 1.54) is 0 Å². The molecule has 1 saturated heterocycles. The van der Waals surface area contributed by atoms with Crippen LogP contribution >= 0.6 is 34.8 Å². The van der Waals surface area contributed by atoms with E-state index >= 15 is 0 Å². The van der Waals surface area contributed by atoms with Gasteiger partial charge in [0.25, 0.3) is 0 Å². The van der Waals surface area contributed by atoms with Crippen molar-refractivity contribution < 1.29 is 4.79 Å². The van der Waals surface area contributed by atoms with Crippen molar-refractivity contribution in [2.45, 2.75) is 32.7 Å². The number of rotatable bonds is 2. The first-order valence-electron chi connectivity index (χ1n) is 6.50. The zero-order valence-corrected chi connectivity index (χ0v) is 13.7. The highest BCUT2D eigenvalue weighted by Crippen LogP contribution is 2.35. The Morgan fingerprint density at radius 1 is 1.30 bits per heavy atom. The molecular weight excluding hydrogens is 319 g/mol. The molecule has 1 amide bonds. The first kappa shape index (κ1) is 15.9. The van der Waals surface area contributed by atoms with E-state index in [9.17, 15) is 4.79 Å². The average Bonchev–Trinajstić information content (AvgIpc) is 2.32. The number of carbonyl (C=O) groups excluding carboxylic acids is 1. The molecule has 0 aromatic heterocycles. The second-order valence-electron chi connectivity index (χ2n) is 5.71. The van der Waals surface area contributed by atoms with Gasteiger partial charge in [0.1, 0.15) is 0 Å². The van der Waals surface area contributed by atoms with Crippen LogP contribution in [0.5, 0.6) is 0 Å². The Balaban J connectivity index is 2.20. The van der Waals surface area contributed by atoms with Crippen LogP contribution in [0.3, 0.4) is 0 Å². The maximum Gasteiger partial charge on any atom is 0.242 e. The highest BCUT2D eigenvalue weighted by atomic mass is 35.5. The number of benzene rings is 1. The van der Waals surface area contributed by atoms with Gasteiger partial charge in [-0.2, -0.15) is 0 Å². The van der Waals surface area contributed by atoms with Gasteiger partial charge in [-0.15, -0.1) is 0 Å². The van der Waals surface area contributed by atoms with Gasteiger partial charge < -0.3 is 10.6 Å². The number of halogens is 3. The van der Waals surface area contributed by atoms with Crippen LogP contribution < -0.4 is 10.6 Å². The van der Waals surface area contributed by atoms with Crippen LogP contribution in [0, 0.1) is 5.41 Å². The summed E-state index contributed by atoms with van der Waals surface area (Å²) >= 11 is 18.0. The lowest BCUT2D eigenvalue weighted by Gasteiger charge is -2.38. The minimum Gasteiger partial charge on any atom is -0.322 e. The molecule has 1 aromatic rings. The smallest absolute Gasteiger partial charge is 0.242 e. The van der Waals surface area contributed by atoms with E-state index in [2.05, 4.69) is 24.5 Å². The summed E-state index contributed by atoms with van der Waals surface area (Å²) in [5, 5.41) is 7.18. The minimum absolute atomic E-state index is 0.103. The number of anilines is 1. The molecule has 0 spiro atoms. The van der Waals surface area contributed by atoms with E-state index in [-0.39, 0.29) is 17.4 Å². The molecule has 2 N–H and O–H groups in total. The van der Waals surface area contributed by atoms with Crippen molar-refractivity contribution in [2.75, 3.05) is 11.9 Å². The van der Waals surface area contributed by atoms with Crippen LogP contribution in [0.2, 0.25) is 15.1 Å². The van der Waals surface area contributed by atoms with Crippen molar-refractivity contribution in [3.63, 3.8) is 0 Å². The van der Waals surface area contributed by atoms with Crippen molar-refractivity contribution in [3.8, 4) is 0 Å². The zero-order chi connectivity index (χ0) is 14.9. The Bertz CT molecular complexity index is 508. The first-order valence-corrected chi connectivity index (χ1v) is 7.63. The fourth-order valence-electron chi connectivity index (χ4n) is 2.52. The zero-order valence-electron chi connectivity index (χ0n) is 11.4. The lowest BCUT2D eigenvalue weighted by molar-refractivity contribution is -0.121. The van der Waals surface area contributed by atoms with E-state index in [1.807, 2.05) is 0 Å². The van der Waals surface area contributed by atoms with Gasteiger partial charge in [-0.05, 0) is 36.9 Å². The number of carbonyl (C=O) groups is 1. The molecule has 1 aliphatic rings. The third kappa shape index (κ3) is 3.40. The molecule has 3 nitrogen and oxygen atoms in total. The standard InChI is InChI=1S/C14H17Cl3N2O/c1-14(2)4-3-5-18-12(14)13(20)19-11-9(16)6-8(15)7-10(11)17/h6-7,12,18H,3-5H2,1-2H3,(H,19,20). The third-order valence-electron chi connectivity index (χ3n) is 3.65. The summed E-state index contributed by atoms with van der Waals surface area (Å²) < 4.78 is 0. The summed E-state index contributed by atoms with van der Waals surface area (Å²) in [6.45, 7) is 4.99. The van der Waals surface area contributed by atoms with Gasteiger partial charge in [-0.1, -0.05) is 48.7 Å². The van der Waals surface area contributed by atoms with E-state index in [4.69, 9.17) is 34.8 Å². The minimum atomic E-state index is -0.265. The van der Waals surface area contributed by atoms with Crippen molar-refractivity contribution in [3.05, 3.63) is 27.2 Å². The van der Waals surface area contributed by atoms with Gasteiger partial charge in [-0.25, -0.2) is 0 Å². The van der Waals surface area contributed by atoms with Gasteiger partial charge in [0.15, 0.2) is 0 Å². The topological polar surface area (TPSA) is 41.1 Å². The predicted octanol–water partition coefficient (Wildman–Crippen LogP) is 4.36. The molecule has 1 heterocycles. The molecule has 2 rings (SSSR count). The molecular formula is C14H17Cl3N2O. The van der Waals surface area contributed by atoms with Gasteiger partial charge in [-0.3, -0.25) is 4.79 Å². The van der Waals surface area contributed by atoms with Crippen molar-refractivity contribution in [1.82, 2.24) is 5.32 Å². The largest absolute Gasteiger partial charge is 0.322 e. The second kappa shape index (κ2) is 6.10. The third-order valence-corrected chi connectivity index (χ3v) is 4.46. The maximum atomic E-state index is 12.4. The molecule has 0 saturated carbocycles. The molecule has 1 aromatic carbocycles. The quantitative estimate of drug-likeness (QED) is 0.843. The molecule has 0 bridgehead atoms.